The Balaban J connectivity index is 2.21. The Morgan fingerprint density at radius 3 is 3.00 bits per heavy atom. The molecule has 86 valence electrons. The van der Waals surface area contributed by atoms with Crippen LogP contribution < -0.4 is 5.32 Å². The highest BCUT2D eigenvalue weighted by Gasteiger charge is 2.24. The summed E-state index contributed by atoms with van der Waals surface area (Å²) in [6, 6.07) is 6.31. The summed E-state index contributed by atoms with van der Waals surface area (Å²) in [5.41, 5.74) is 3.88. The summed E-state index contributed by atoms with van der Waals surface area (Å²) >= 11 is 0. The molecule has 0 fully saturated rings. The van der Waals surface area contributed by atoms with Crippen molar-refractivity contribution < 1.29 is 9.53 Å². The topological polar surface area (TPSA) is 38.3 Å². The maximum Gasteiger partial charge on any atom is 0.323 e. The predicted molar refractivity (Wildman–Crippen MR) is 62.2 cm³/mol. The molecule has 0 aliphatic carbocycles. The van der Waals surface area contributed by atoms with Crippen LogP contribution in [0.15, 0.2) is 18.2 Å². The Bertz CT molecular complexity index is 401. The number of ether oxygens (including phenoxy) is 1. The fourth-order valence-electron chi connectivity index (χ4n) is 2.10. The fourth-order valence-corrected chi connectivity index (χ4v) is 2.10. The van der Waals surface area contributed by atoms with E-state index in [1.807, 2.05) is 0 Å². The summed E-state index contributed by atoms with van der Waals surface area (Å²) in [5.74, 6) is -0.174. The smallest absolute Gasteiger partial charge is 0.323 e. The van der Waals surface area contributed by atoms with Crippen molar-refractivity contribution in [1.29, 1.82) is 0 Å². The van der Waals surface area contributed by atoms with Gasteiger partial charge in [-0.05, 0) is 29.5 Å². The van der Waals surface area contributed by atoms with Crippen LogP contribution in [0.25, 0.3) is 0 Å². The molecule has 0 saturated carbocycles. The number of hydrogen-bond acceptors (Lipinski definition) is 3. The molecule has 0 unspecified atom stereocenters. The van der Waals surface area contributed by atoms with Crippen LogP contribution in [0.4, 0.5) is 0 Å². The zero-order valence-electron chi connectivity index (χ0n) is 9.75. The van der Waals surface area contributed by atoms with Gasteiger partial charge < -0.3 is 10.1 Å². The van der Waals surface area contributed by atoms with Crippen molar-refractivity contribution in [3.8, 4) is 0 Å². The van der Waals surface area contributed by atoms with Gasteiger partial charge in [0.1, 0.15) is 6.04 Å². The molecule has 0 bridgehead atoms. The Labute approximate surface area is 95.8 Å². The lowest BCUT2D eigenvalue weighted by Gasteiger charge is -2.24. The summed E-state index contributed by atoms with van der Waals surface area (Å²) in [6.07, 6.45) is 1.76. The van der Waals surface area contributed by atoms with Crippen LogP contribution in [0.1, 0.15) is 23.6 Å². The molecule has 1 aliphatic rings. The number of benzene rings is 1. The number of carbonyl (C=O) groups excluding carboxylic acids is 1. The van der Waals surface area contributed by atoms with Crippen molar-refractivity contribution in [2.45, 2.75) is 32.4 Å². The molecule has 1 N–H and O–H groups in total. The quantitative estimate of drug-likeness (QED) is 0.765. The Hall–Kier alpha value is -1.35. The van der Waals surface area contributed by atoms with E-state index in [4.69, 9.17) is 4.74 Å². The molecule has 0 spiro atoms. The minimum Gasteiger partial charge on any atom is -0.468 e. The van der Waals surface area contributed by atoms with E-state index in [-0.39, 0.29) is 12.0 Å². The first-order valence-corrected chi connectivity index (χ1v) is 5.66. The van der Waals surface area contributed by atoms with Crippen LogP contribution in [0.2, 0.25) is 0 Å². The largest absolute Gasteiger partial charge is 0.468 e. The summed E-state index contributed by atoms with van der Waals surface area (Å²) in [5, 5.41) is 3.19. The molecule has 3 heteroatoms. The third-order valence-corrected chi connectivity index (χ3v) is 3.13. The van der Waals surface area contributed by atoms with Crippen LogP contribution in [0.5, 0.6) is 0 Å². The highest BCUT2D eigenvalue weighted by molar-refractivity contribution is 5.76. The SMILES string of the molecule is CCc1ccc2c(c1)C[C@H](C(=O)OC)NC2. The van der Waals surface area contributed by atoms with E-state index in [1.54, 1.807) is 0 Å². The number of hydrogen-bond donors (Lipinski definition) is 1. The zero-order chi connectivity index (χ0) is 11.5. The van der Waals surface area contributed by atoms with Gasteiger partial charge >= 0.3 is 5.97 Å². The van der Waals surface area contributed by atoms with Crippen LogP contribution in [-0.4, -0.2) is 19.1 Å². The van der Waals surface area contributed by atoms with Crippen molar-refractivity contribution in [2.75, 3.05) is 7.11 Å². The van der Waals surface area contributed by atoms with E-state index < -0.39 is 0 Å². The number of esters is 1. The Morgan fingerprint density at radius 2 is 2.31 bits per heavy atom. The first kappa shape index (κ1) is 11.1. The van der Waals surface area contributed by atoms with Crippen LogP contribution >= 0.6 is 0 Å². The van der Waals surface area contributed by atoms with Gasteiger partial charge in [-0.2, -0.15) is 0 Å². The van der Waals surface area contributed by atoms with E-state index in [9.17, 15) is 4.79 Å². The molecule has 1 aliphatic heterocycles. The van der Waals surface area contributed by atoms with Crippen molar-refractivity contribution in [3.63, 3.8) is 0 Å². The molecule has 1 atom stereocenters. The van der Waals surface area contributed by atoms with E-state index in [0.29, 0.717) is 0 Å². The first-order chi connectivity index (χ1) is 7.74. The van der Waals surface area contributed by atoms with Gasteiger partial charge in [0, 0.05) is 6.54 Å². The van der Waals surface area contributed by atoms with Crippen molar-refractivity contribution in [3.05, 3.63) is 34.9 Å². The lowest BCUT2D eigenvalue weighted by molar-refractivity contribution is -0.143. The van der Waals surface area contributed by atoms with Gasteiger partial charge in [-0.3, -0.25) is 4.79 Å². The van der Waals surface area contributed by atoms with Gasteiger partial charge in [0.2, 0.25) is 0 Å². The number of methoxy groups -OCH3 is 1. The molecule has 1 aromatic rings. The van der Waals surface area contributed by atoms with Gasteiger partial charge in [-0.25, -0.2) is 0 Å². The molecule has 1 heterocycles. The normalized spacial score (nSPS) is 19.0. The van der Waals surface area contributed by atoms with Crippen LogP contribution in [-0.2, 0) is 28.9 Å². The Morgan fingerprint density at radius 1 is 1.50 bits per heavy atom. The molecular weight excluding hydrogens is 202 g/mol. The van der Waals surface area contributed by atoms with Gasteiger partial charge in [0.25, 0.3) is 0 Å². The number of nitrogens with one attached hydrogen (secondary N) is 1. The van der Waals surface area contributed by atoms with Gasteiger partial charge in [0.05, 0.1) is 7.11 Å². The molecule has 1 aromatic carbocycles. The van der Waals surface area contributed by atoms with E-state index in [2.05, 4.69) is 30.4 Å². The molecule has 0 amide bonds. The van der Waals surface area contributed by atoms with Gasteiger partial charge in [-0.15, -0.1) is 0 Å². The summed E-state index contributed by atoms with van der Waals surface area (Å²) < 4.78 is 4.76. The second-order valence-corrected chi connectivity index (χ2v) is 4.12. The minimum absolute atomic E-state index is 0.174. The van der Waals surface area contributed by atoms with E-state index in [1.165, 1.54) is 23.8 Å². The monoisotopic (exact) mass is 219 g/mol. The highest BCUT2D eigenvalue weighted by Crippen LogP contribution is 2.19. The summed E-state index contributed by atoms with van der Waals surface area (Å²) in [7, 11) is 1.43. The number of rotatable bonds is 2. The molecule has 16 heavy (non-hydrogen) atoms. The molecular formula is C13H17NO2. The maximum atomic E-state index is 11.4. The fraction of sp³-hybridized carbons (Fsp3) is 0.462. The van der Waals surface area contributed by atoms with Crippen LogP contribution in [0, 0.1) is 0 Å². The lowest BCUT2D eigenvalue weighted by Crippen LogP contribution is -2.42. The van der Waals surface area contributed by atoms with E-state index in [0.717, 1.165) is 19.4 Å². The van der Waals surface area contributed by atoms with Crippen LogP contribution in [0.3, 0.4) is 0 Å². The van der Waals surface area contributed by atoms with Gasteiger partial charge in [-0.1, -0.05) is 25.1 Å². The molecule has 0 aromatic heterocycles. The third kappa shape index (κ3) is 2.09. The van der Waals surface area contributed by atoms with Crippen molar-refractivity contribution in [1.82, 2.24) is 5.32 Å². The second-order valence-electron chi connectivity index (χ2n) is 4.12. The number of fused-ring (bicyclic) bond motifs is 1. The van der Waals surface area contributed by atoms with Crippen molar-refractivity contribution >= 4 is 5.97 Å². The zero-order valence-corrected chi connectivity index (χ0v) is 9.75. The average molecular weight is 219 g/mol. The summed E-state index contributed by atoms with van der Waals surface area (Å²) in [4.78, 5) is 11.4. The van der Waals surface area contributed by atoms with Gasteiger partial charge in [0.15, 0.2) is 0 Å². The standard InChI is InChI=1S/C13H17NO2/c1-3-9-4-5-10-8-14-12(13(15)16-2)7-11(10)6-9/h4-6,12,14H,3,7-8H2,1-2H3/t12-/m1/s1. The maximum absolute atomic E-state index is 11.4. The highest BCUT2D eigenvalue weighted by atomic mass is 16.5. The first-order valence-electron chi connectivity index (χ1n) is 5.66. The third-order valence-electron chi connectivity index (χ3n) is 3.13. The average Bonchev–Trinajstić information content (AvgIpc) is 2.36. The Kier molecular flexibility index (Phi) is 3.25. The molecule has 0 radical (unpaired) electrons. The molecule has 3 nitrogen and oxygen atoms in total. The number of aryl methyl sites for hydroxylation is 1. The number of carbonyl (C=O) groups is 1. The van der Waals surface area contributed by atoms with E-state index >= 15 is 0 Å². The van der Waals surface area contributed by atoms with Crippen molar-refractivity contribution in [2.24, 2.45) is 0 Å². The molecule has 0 saturated heterocycles. The summed E-state index contributed by atoms with van der Waals surface area (Å²) in [6.45, 7) is 2.89. The second kappa shape index (κ2) is 4.66. The molecule has 2 rings (SSSR count). The predicted octanol–water partition coefficient (Wildman–Crippen LogP) is 1.44. The lowest BCUT2D eigenvalue weighted by atomic mass is 9.93. The minimum atomic E-state index is -0.190.